The Bertz CT molecular complexity index is 1790. The zero-order chi connectivity index (χ0) is 31.2. The number of pyridine rings is 1. The second-order valence-electron chi connectivity index (χ2n) is 10.8. The summed E-state index contributed by atoms with van der Waals surface area (Å²) in [4.78, 5) is 17.7. The minimum Gasteiger partial charge on any atom is -0.487 e. The normalized spacial score (nSPS) is 16.2. The van der Waals surface area contributed by atoms with Crippen molar-refractivity contribution in [2.24, 2.45) is 0 Å². The van der Waals surface area contributed by atoms with Crippen molar-refractivity contribution in [3.05, 3.63) is 93.6 Å². The molecule has 3 N–H and O–H groups in total. The maximum absolute atomic E-state index is 13.1. The van der Waals surface area contributed by atoms with E-state index in [0.29, 0.717) is 68.3 Å². The van der Waals surface area contributed by atoms with Gasteiger partial charge in [0.05, 0.1) is 40.7 Å². The highest BCUT2D eigenvalue weighted by molar-refractivity contribution is 6.32. The highest BCUT2D eigenvalue weighted by Gasteiger charge is 2.22. The molecule has 6 rings (SSSR count). The van der Waals surface area contributed by atoms with Gasteiger partial charge in [0.15, 0.2) is 0 Å². The van der Waals surface area contributed by atoms with Crippen LogP contribution in [0, 0.1) is 11.3 Å². The van der Waals surface area contributed by atoms with Gasteiger partial charge in [-0.2, -0.15) is 5.26 Å². The number of aromatic nitrogens is 1. The van der Waals surface area contributed by atoms with Gasteiger partial charge in [0.2, 0.25) is 5.91 Å². The Morgan fingerprint density at radius 3 is 2.71 bits per heavy atom. The quantitative estimate of drug-likeness (QED) is 0.165. The van der Waals surface area contributed by atoms with Crippen LogP contribution in [0.3, 0.4) is 0 Å². The number of hydrogen-bond donors (Lipinski definition) is 3. The molecule has 1 aromatic heterocycles. The lowest BCUT2D eigenvalue weighted by Gasteiger charge is -2.19. The van der Waals surface area contributed by atoms with Crippen molar-refractivity contribution in [1.29, 1.82) is 5.26 Å². The van der Waals surface area contributed by atoms with E-state index >= 15 is 0 Å². The maximum Gasteiger partial charge on any atom is 0.248 e. The molecule has 0 saturated carbocycles. The van der Waals surface area contributed by atoms with Crippen molar-refractivity contribution in [2.75, 3.05) is 36.9 Å². The molecule has 2 fully saturated rings. The van der Waals surface area contributed by atoms with Gasteiger partial charge < -0.3 is 30.2 Å². The molecule has 230 valence electrons. The van der Waals surface area contributed by atoms with Crippen LogP contribution >= 0.6 is 23.2 Å². The summed E-state index contributed by atoms with van der Waals surface area (Å²) in [5.41, 5.74) is 4.48. The lowest BCUT2D eigenvalue weighted by molar-refractivity contribution is -0.112. The molecule has 9 nitrogen and oxygen atoms in total. The summed E-state index contributed by atoms with van der Waals surface area (Å²) < 4.78 is 17.7. The molecule has 0 aliphatic carbocycles. The Kier molecular flexibility index (Phi) is 9.67. The van der Waals surface area contributed by atoms with E-state index in [4.69, 9.17) is 37.4 Å². The third-order valence-electron chi connectivity index (χ3n) is 7.65. The van der Waals surface area contributed by atoms with Crippen LogP contribution in [0.2, 0.25) is 10.0 Å². The highest BCUT2D eigenvalue weighted by atomic mass is 35.5. The van der Waals surface area contributed by atoms with Crippen molar-refractivity contribution in [2.45, 2.75) is 32.0 Å². The molecular weight excluding hydrogens is 613 g/mol. The third kappa shape index (κ3) is 7.49. The molecule has 1 amide bonds. The Hall–Kier alpha value is -4.33. The van der Waals surface area contributed by atoms with E-state index in [2.05, 4.69) is 27.0 Å². The van der Waals surface area contributed by atoms with Crippen LogP contribution in [0.1, 0.15) is 30.4 Å². The van der Waals surface area contributed by atoms with Crippen molar-refractivity contribution in [1.82, 2.24) is 10.3 Å². The fourth-order valence-corrected chi connectivity index (χ4v) is 5.70. The Morgan fingerprint density at radius 2 is 1.96 bits per heavy atom. The zero-order valence-electron chi connectivity index (χ0n) is 24.4. The van der Waals surface area contributed by atoms with Crippen molar-refractivity contribution in [3.8, 4) is 17.6 Å². The second-order valence-corrected chi connectivity index (χ2v) is 11.6. The van der Waals surface area contributed by atoms with Crippen LogP contribution in [0.25, 0.3) is 10.9 Å². The number of ether oxygens (including phenoxy) is 3. The smallest absolute Gasteiger partial charge is 0.248 e. The van der Waals surface area contributed by atoms with Gasteiger partial charge >= 0.3 is 0 Å². The topological polar surface area (TPSA) is 118 Å². The molecule has 4 aromatic rings. The van der Waals surface area contributed by atoms with Crippen LogP contribution in [0.4, 0.5) is 17.1 Å². The summed E-state index contributed by atoms with van der Waals surface area (Å²) in [7, 11) is 0. The van der Waals surface area contributed by atoms with Gasteiger partial charge in [0.1, 0.15) is 30.3 Å². The van der Waals surface area contributed by atoms with Gasteiger partial charge in [-0.15, -0.1) is 0 Å². The van der Waals surface area contributed by atoms with Crippen LogP contribution in [0.15, 0.2) is 72.4 Å². The first-order chi connectivity index (χ1) is 22.0. The minimum atomic E-state index is -0.239. The highest BCUT2D eigenvalue weighted by Crippen LogP contribution is 2.38. The van der Waals surface area contributed by atoms with Crippen LogP contribution in [-0.2, 0) is 16.1 Å². The number of nitrogens with one attached hydrogen (secondary N) is 3. The molecule has 45 heavy (non-hydrogen) atoms. The van der Waals surface area contributed by atoms with Crippen LogP contribution in [-0.4, -0.2) is 43.3 Å². The van der Waals surface area contributed by atoms with E-state index in [1.807, 2.05) is 30.3 Å². The Labute approximate surface area is 271 Å². The number of hydrogen-bond acceptors (Lipinski definition) is 8. The van der Waals surface area contributed by atoms with Crippen molar-refractivity contribution < 1.29 is 19.0 Å². The number of nitriles is 1. The molecule has 11 heteroatoms. The Balaban J connectivity index is 1.31. The molecule has 3 aromatic carbocycles. The third-order valence-corrected chi connectivity index (χ3v) is 8.32. The second kappa shape index (κ2) is 14.2. The van der Waals surface area contributed by atoms with Gasteiger partial charge in [0, 0.05) is 46.4 Å². The van der Waals surface area contributed by atoms with Crippen LogP contribution < -0.4 is 25.4 Å². The summed E-state index contributed by atoms with van der Waals surface area (Å²) in [6.07, 6.45) is 5.42. The first-order valence-electron chi connectivity index (χ1n) is 14.7. The van der Waals surface area contributed by atoms with Crippen molar-refractivity contribution >= 4 is 57.1 Å². The molecule has 1 atom stereocenters. The number of piperidine rings is 1. The van der Waals surface area contributed by atoms with E-state index in [-0.39, 0.29) is 18.6 Å². The largest absolute Gasteiger partial charge is 0.487 e. The van der Waals surface area contributed by atoms with E-state index in [9.17, 15) is 10.1 Å². The van der Waals surface area contributed by atoms with E-state index in [1.54, 1.807) is 30.3 Å². The molecular formula is C34H31Cl2N5O4. The number of nitrogens with zero attached hydrogens (tertiary/aromatic N) is 2. The summed E-state index contributed by atoms with van der Waals surface area (Å²) in [6.45, 7) is 3.04. The number of anilines is 3. The predicted octanol–water partition coefficient (Wildman–Crippen LogP) is 7.15. The summed E-state index contributed by atoms with van der Waals surface area (Å²) in [5, 5.41) is 21.3. The first-order valence-corrected chi connectivity index (χ1v) is 15.5. The molecule has 2 aliphatic heterocycles. The predicted molar refractivity (Wildman–Crippen MR) is 176 cm³/mol. The molecule has 1 unspecified atom stereocenters. The standard InChI is InChI=1S/C34H31Cl2N5O4/c35-27-4-2-1-3-22(27)19-44-31-6-5-24(14-28(31)36)40-34-23(17-37)18-39-29-16-32(45-25-9-12-43-20-25)30(15-26(29)34)41-33(42)13-21-7-10-38-11-8-21/h1-6,13-16,18,25,38H,7-12,19-20H2,(H,39,40)(H,41,42). The summed E-state index contributed by atoms with van der Waals surface area (Å²) in [5.74, 6) is 0.742. The van der Waals surface area contributed by atoms with E-state index in [0.717, 1.165) is 43.5 Å². The number of carbonyl (C=O) groups is 1. The number of rotatable bonds is 9. The SMILES string of the molecule is N#Cc1cnc2cc(OC3CCOC3)c(NC(=O)C=C3CCNCC3)cc2c1Nc1ccc(OCc2ccccc2Cl)c(Cl)c1. The lowest BCUT2D eigenvalue weighted by Crippen LogP contribution is -2.24. The molecule has 0 spiro atoms. The van der Waals surface area contributed by atoms with Crippen molar-refractivity contribution in [3.63, 3.8) is 0 Å². The van der Waals surface area contributed by atoms with Gasteiger partial charge in [-0.3, -0.25) is 9.78 Å². The van der Waals surface area contributed by atoms with Gasteiger partial charge in [-0.25, -0.2) is 0 Å². The minimum absolute atomic E-state index is 0.141. The average Bonchev–Trinajstić information content (AvgIpc) is 3.56. The van der Waals surface area contributed by atoms with E-state index < -0.39 is 0 Å². The average molecular weight is 645 g/mol. The number of fused-ring (bicyclic) bond motifs is 1. The molecule has 2 aliphatic rings. The lowest BCUT2D eigenvalue weighted by atomic mass is 10.0. The van der Waals surface area contributed by atoms with Gasteiger partial charge in [-0.05, 0) is 56.3 Å². The fraction of sp³-hybridized carbons (Fsp3) is 0.265. The summed E-state index contributed by atoms with van der Waals surface area (Å²) in [6, 6.07) is 18.5. The number of halogens is 2. The molecule has 0 radical (unpaired) electrons. The maximum atomic E-state index is 13.1. The number of amides is 1. The molecule has 2 saturated heterocycles. The molecule has 3 heterocycles. The number of carbonyl (C=O) groups excluding carboxylic acids is 1. The van der Waals surface area contributed by atoms with Crippen LogP contribution in [0.5, 0.6) is 11.5 Å². The summed E-state index contributed by atoms with van der Waals surface area (Å²) >= 11 is 12.9. The van der Waals surface area contributed by atoms with Gasteiger partial charge in [-0.1, -0.05) is 47.0 Å². The molecule has 0 bridgehead atoms. The zero-order valence-corrected chi connectivity index (χ0v) is 25.9. The number of benzene rings is 3. The first kappa shape index (κ1) is 30.7. The van der Waals surface area contributed by atoms with E-state index in [1.165, 1.54) is 6.20 Å². The van der Waals surface area contributed by atoms with Gasteiger partial charge in [0.25, 0.3) is 0 Å². The fourth-order valence-electron chi connectivity index (χ4n) is 5.28. The monoisotopic (exact) mass is 643 g/mol. The Morgan fingerprint density at radius 1 is 1.11 bits per heavy atom.